The molecule has 0 saturated carbocycles. The van der Waals surface area contributed by atoms with Gasteiger partial charge in [0.2, 0.25) is 5.91 Å². The molecule has 1 aromatic heterocycles. The number of nitrogens with one attached hydrogen (secondary N) is 1. The normalized spacial score (nSPS) is 20.0. The number of hydrogen-bond donors (Lipinski definition) is 1. The highest BCUT2D eigenvalue weighted by atomic mass is 19.1. The van der Waals surface area contributed by atoms with Gasteiger partial charge in [0.15, 0.2) is 0 Å². The first kappa shape index (κ1) is 20.5. The summed E-state index contributed by atoms with van der Waals surface area (Å²) in [6.45, 7) is 1.21. The highest BCUT2D eigenvalue weighted by molar-refractivity contribution is 5.78. The number of fused-ring (bicyclic) bond motifs is 1. The molecular weight excluding hydrogens is 409 g/mol. The number of ether oxygens (including phenoxy) is 2. The Balaban J connectivity index is 1.33. The van der Waals surface area contributed by atoms with Crippen LogP contribution in [-0.4, -0.2) is 41.0 Å². The zero-order valence-electron chi connectivity index (χ0n) is 18.0. The summed E-state index contributed by atoms with van der Waals surface area (Å²) in [7, 11) is 1.63. The number of carbonyl (C=O) groups excluding carboxylic acids is 1. The molecule has 32 heavy (non-hydrogen) atoms. The van der Waals surface area contributed by atoms with Crippen molar-refractivity contribution in [2.75, 3.05) is 20.3 Å². The fourth-order valence-corrected chi connectivity index (χ4v) is 4.70. The summed E-state index contributed by atoms with van der Waals surface area (Å²) in [5.74, 6) is 2.15. The van der Waals surface area contributed by atoms with E-state index in [0.29, 0.717) is 19.6 Å². The number of hydrogen-bond acceptors (Lipinski definition) is 4. The number of H-pyrrole nitrogens is 1. The van der Waals surface area contributed by atoms with Gasteiger partial charge in [-0.3, -0.25) is 4.79 Å². The molecule has 1 saturated heterocycles. The van der Waals surface area contributed by atoms with Crippen LogP contribution in [0.4, 0.5) is 4.39 Å². The second-order valence-corrected chi connectivity index (χ2v) is 8.41. The van der Waals surface area contributed by atoms with Gasteiger partial charge in [-0.1, -0.05) is 18.2 Å². The predicted octanol–water partition coefficient (Wildman–Crippen LogP) is 4.84. The molecule has 0 bridgehead atoms. The van der Waals surface area contributed by atoms with E-state index < -0.39 is 0 Å². The van der Waals surface area contributed by atoms with Gasteiger partial charge in [-0.15, -0.1) is 0 Å². The number of aromatic nitrogens is 2. The third-order valence-corrected chi connectivity index (χ3v) is 6.39. The summed E-state index contributed by atoms with van der Waals surface area (Å²) in [5.41, 5.74) is 2.55. The summed E-state index contributed by atoms with van der Waals surface area (Å²) >= 11 is 0. The summed E-state index contributed by atoms with van der Waals surface area (Å²) in [5, 5.41) is 0. The molecule has 0 radical (unpaired) electrons. The molecule has 2 aliphatic heterocycles. The van der Waals surface area contributed by atoms with E-state index in [0.717, 1.165) is 53.4 Å². The van der Waals surface area contributed by atoms with E-state index in [4.69, 9.17) is 9.47 Å². The molecule has 7 heteroatoms. The Morgan fingerprint density at radius 1 is 1.28 bits per heavy atom. The van der Waals surface area contributed by atoms with Crippen molar-refractivity contribution in [3.8, 4) is 22.8 Å². The number of amides is 1. The first-order valence-electron chi connectivity index (χ1n) is 11.0. The molecule has 6 nitrogen and oxygen atoms in total. The number of nitrogens with zero attached hydrogens (tertiary/aromatic N) is 2. The van der Waals surface area contributed by atoms with Crippen LogP contribution in [0.15, 0.2) is 48.7 Å². The molecule has 2 aromatic carbocycles. The van der Waals surface area contributed by atoms with Crippen molar-refractivity contribution in [3.63, 3.8) is 0 Å². The lowest BCUT2D eigenvalue weighted by atomic mass is 9.95. The van der Waals surface area contributed by atoms with Crippen LogP contribution in [0, 0.1) is 5.82 Å². The van der Waals surface area contributed by atoms with Gasteiger partial charge >= 0.3 is 0 Å². The number of aromatic amines is 1. The summed E-state index contributed by atoms with van der Waals surface area (Å²) < 4.78 is 24.7. The lowest BCUT2D eigenvalue weighted by Gasteiger charge is -2.35. The van der Waals surface area contributed by atoms with Crippen LogP contribution in [0.1, 0.15) is 49.0 Å². The van der Waals surface area contributed by atoms with Crippen LogP contribution < -0.4 is 9.47 Å². The topological polar surface area (TPSA) is 67.5 Å². The zero-order valence-corrected chi connectivity index (χ0v) is 18.0. The van der Waals surface area contributed by atoms with Crippen LogP contribution in [-0.2, 0) is 4.79 Å². The molecule has 0 spiro atoms. The Bertz CT molecular complexity index is 1130. The van der Waals surface area contributed by atoms with E-state index in [-0.39, 0.29) is 23.7 Å². The van der Waals surface area contributed by atoms with Crippen molar-refractivity contribution in [1.82, 2.24) is 14.9 Å². The third kappa shape index (κ3) is 3.95. The summed E-state index contributed by atoms with van der Waals surface area (Å²) in [6.07, 6.45) is 4.99. The maximum absolute atomic E-state index is 13.6. The van der Waals surface area contributed by atoms with E-state index in [1.165, 1.54) is 12.1 Å². The van der Waals surface area contributed by atoms with Gasteiger partial charge in [0, 0.05) is 36.1 Å². The van der Waals surface area contributed by atoms with E-state index in [1.807, 2.05) is 29.2 Å². The number of methoxy groups -OCH3 is 1. The average Bonchev–Trinajstić information content (AvgIpc) is 3.46. The molecule has 166 valence electrons. The molecule has 1 amide bonds. The Morgan fingerprint density at radius 2 is 2.19 bits per heavy atom. The largest absolute Gasteiger partial charge is 0.497 e. The monoisotopic (exact) mass is 435 g/mol. The number of benzene rings is 2. The molecule has 2 aliphatic rings. The third-order valence-electron chi connectivity index (χ3n) is 6.39. The number of imidazole rings is 1. The van der Waals surface area contributed by atoms with Crippen LogP contribution in [0.2, 0.25) is 0 Å². The fourth-order valence-electron chi connectivity index (χ4n) is 4.70. The standard InChI is InChI=1S/C25H26FN3O3/c1-31-19-8-9-20-17(15-32-23(20)13-19)12-24(30)29-10-3-2-7-22(29)25-27-14-21(28-25)16-5-4-6-18(26)11-16/h4-6,8-9,11,13-14,17,22H,2-3,7,10,12,15H2,1H3,(H,27,28). The minimum atomic E-state index is -0.287. The van der Waals surface area contributed by atoms with Gasteiger partial charge in [-0.25, -0.2) is 9.37 Å². The van der Waals surface area contributed by atoms with Gasteiger partial charge in [-0.2, -0.15) is 0 Å². The average molecular weight is 435 g/mol. The second-order valence-electron chi connectivity index (χ2n) is 8.41. The van der Waals surface area contributed by atoms with Gasteiger partial charge in [0.05, 0.1) is 31.6 Å². The molecule has 5 rings (SSSR count). The van der Waals surface area contributed by atoms with Gasteiger partial charge < -0.3 is 19.4 Å². The van der Waals surface area contributed by atoms with E-state index in [2.05, 4.69) is 9.97 Å². The quantitative estimate of drug-likeness (QED) is 0.623. The number of carbonyl (C=O) groups is 1. The lowest BCUT2D eigenvalue weighted by Crippen LogP contribution is -2.39. The maximum Gasteiger partial charge on any atom is 0.223 e. The van der Waals surface area contributed by atoms with Crippen LogP contribution in [0.25, 0.3) is 11.3 Å². The van der Waals surface area contributed by atoms with Crippen LogP contribution in [0.3, 0.4) is 0 Å². The Morgan fingerprint density at radius 3 is 3.03 bits per heavy atom. The molecule has 1 fully saturated rings. The van der Waals surface area contributed by atoms with Gasteiger partial charge in [-0.05, 0) is 37.5 Å². The van der Waals surface area contributed by atoms with E-state index >= 15 is 0 Å². The zero-order chi connectivity index (χ0) is 22.1. The van der Waals surface area contributed by atoms with E-state index in [9.17, 15) is 9.18 Å². The van der Waals surface area contributed by atoms with Crippen molar-refractivity contribution in [2.24, 2.45) is 0 Å². The molecule has 2 unspecified atom stereocenters. The fraction of sp³-hybridized carbons (Fsp3) is 0.360. The van der Waals surface area contributed by atoms with Crippen molar-refractivity contribution >= 4 is 5.91 Å². The minimum Gasteiger partial charge on any atom is -0.497 e. The minimum absolute atomic E-state index is 0.0328. The maximum atomic E-state index is 13.6. The van der Waals surface area contributed by atoms with Crippen molar-refractivity contribution in [2.45, 2.75) is 37.6 Å². The Hall–Kier alpha value is -3.35. The van der Waals surface area contributed by atoms with Crippen molar-refractivity contribution < 1.29 is 18.7 Å². The molecule has 2 atom stereocenters. The molecule has 3 heterocycles. The van der Waals surface area contributed by atoms with Gasteiger partial charge in [0.1, 0.15) is 23.1 Å². The molecule has 1 N–H and O–H groups in total. The van der Waals surface area contributed by atoms with Gasteiger partial charge in [0.25, 0.3) is 0 Å². The number of rotatable bonds is 5. The highest BCUT2D eigenvalue weighted by Gasteiger charge is 2.34. The smallest absolute Gasteiger partial charge is 0.223 e. The highest BCUT2D eigenvalue weighted by Crippen LogP contribution is 2.39. The van der Waals surface area contributed by atoms with Crippen molar-refractivity contribution in [1.29, 1.82) is 0 Å². The Labute approximate surface area is 186 Å². The van der Waals surface area contributed by atoms with Crippen LogP contribution in [0.5, 0.6) is 11.5 Å². The van der Waals surface area contributed by atoms with Crippen LogP contribution >= 0.6 is 0 Å². The first-order valence-corrected chi connectivity index (χ1v) is 11.0. The second kappa shape index (κ2) is 8.65. The lowest BCUT2D eigenvalue weighted by molar-refractivity contribution is -0.135. The SMILES string of the molecule is COc1ccc2c(c1)OCC2CC(=O)N1CCCCC1c1ncc(-c2cccc(F)c2)[nH]1. The summed E-state index contributed by atoms with van der Waals surface area (Å²) in [6, 6.07) is 12.1. The number of halogens is 1. The first-order chi connectivity index (χ1) is 15.6. The molecule has 3 aromatic rings. The Kier molecular flexibility index (Phi) is 5.55. The van der Waals surface area contributed by atoms with Crippen molar-refractivity contribution in [3.05, 3.63) is 65.9 Å². The molecular formula is C25H26FN3O3. The van der Waals surface area contributed by atoms with E-state index in [1.54, 1.807) is 19.4 Å². The molecule has 0 aliphatic carbocycles. The number of piperidine rings is 1. The predicted molar refractivity (Wildman–Crippen MR) is 118 cm³/mol. The summed E-state index contributed by atoms with van der Waals surface area (Å²) in [4.78, 5) is 23.2. The number of likely N-dealkylation sites (tertiary alicyclic amines) is 1.